The van der Waals surface area contributed by atoms with E-state index in [1.54, 1.807) is 9.80 Å². The molecular weight excluding hydrogens is 278 g/mol. The number of amides is 3. The molecular formula is C17H25N3O2. The number of benzene rings is 1. The summed E-state index contributed by atoms with van der Waals surface area (Å²) < 4.78 is 0. The largest absolute Gasteiger partial charge is 0.343 e. The summed E-state index contributed by atoms with van der Waals surface area (Å²) in [5.41, 5.74) is 2.14. The van der Waals surface area contributed by atoms with Crippen molar-refractivity contribution in [3.63, 3.8) is 0 Å². The summed E-state index contributed by atoms with van der Waals surface area (Å²) in [6, 6.07) is 7.87. The number of hydrogen-bond acceptors (Lipinski definition) is 2. The van der Waals surface area contributed by atoms with Crippen LogP contribution in [0.15, 0.2) is 24.3 Å². The van der Waals surface area contributed by atoms with Gasteiger partial charge in [-0.15, -0.1) is 0 Å². The van der Waals surface area contributed by atoms with Crippen molar-refractivity contribution in [1.29, 1.82) is 0 Å². The fraction of sp³-hybridized carbons (Fsp3) is 0.529. The van der Waals surface area contributed by atoms with E-state index in [9.17, 15) is 9.59 Å². The minimum Gasteiger partial charge on any atom is -0.343 e. The Hall–Kier alpha value is -2.04. The molecule has 5 nitrogen and oxygen atoms in total. The molecule has 1 aromatic rings. The van der Waals surface area contributed by atoms with Crippen LogP contribution in [-0.2, 0) is 10.2 Å². The van der Waals surface area contributed by atoms with Gasteiger partial charge in [-0.05, 0) is 29.5 Å². The first-order chi connectivity index (χ1) is 10.4. The Kier molecular flexibility index (Phi) is 5.06. The second kappa shape index (κ2) is 6.81. The summed E-state index contributed by atoms with van der Waals surface area (Å²) in [4.78, 5) is 26.6. The zero-order chi connectivity index (χ0) is 16.2. The van der Waals surface area contributed by atoms with Crippen molar-refractivity contribution in [1.82, 2.24) is 9.80 Å². The maximum Gasteiger partial charge on any atom is 0.321 e. The Bertz CT molecular complexity index is 520. The number of nitrogens with one attached hydrogen (secondary N) is 1. The first kappa shape index (κ1) is 16.3. The van der Waals surface area contributed by atoms with Crippen molar-refractivity contribution < 1.29 is 9.59 Å². The third-order valence-corrected chi connectivity index (χ3v) is 3.97. The smallest absolute Gasteiger partial charge is 0.321 e. The molecule has 1 heterocycles. The molecule has 0 aromatic heterocycles. The summed E-state index contributed by atoms with van der Waals surface area (Å²) in [5, 5.41) is 2.93. The van der Waals surface area contributed by atoms with Crippen molar-refractivity contribution in [2.75, 3.05) is 31.5 Å². The number of carbonyl (C=O) groups is 2. The standard InChI is InChI=1S/C17H25N3O2/c1-17(2,3)14-5-7-15(8-6-14)18-16(22)20-10-4-9-19(13-21)11-12-20/h5-8,13H,4,9-12H2,1-3H3,(H,18,22). The lowest BCUT2D eigenvalue weighted by molar-refractivity contribution is -0.118. The summed E-state index contributed by atoms with van der Waals surface area (Å²) in [7, 11) is 0. The summed E-state index contributed by atoms with van der Waals surface area (Å²) in [6.07, 6.45) is 1.67. The van der Waals surface area contributed by atoms with Gasteiger partial charge in [0.2, 0.25) is 6.41 Å². The van der Waals surface area contributed by atoms with E-state index in [4.69, 9.17) is 0 Å². The maximum absolute atomic E-state index is 12.3. The molecule has 1 aromatic carbocycles. The fourth-order valence-electron chi connectivity index (χ4n) is 2.50. The first-order valence-corrected chi connectivity index (χ1v) is 7.76. The quantitative estimate of drug-likeness (QED) is 0.854. The third-order valence-electron chi connectivity index (χ3n) is 3.97. The van der Waals surface area contributed by atoms with Crippen LogP contribution in [0.1, 0.15) is 32.8 Å². The van der Waals surface area contributed by atoms with Crippen LogP contribution >= 0.6 is 0 Å². The van der Waals surface area contributed by atoms with Crippen molar-refractivity contribution in [3.05, 3.63) is 29.8 Å². The van der Waals surface area contributed by atoms with Gasteiger partial charge in [-0.1, -0.05) is 32.9 Å². The highest BCUT2D eigenvalue weighted by Crippen LogP contribution is 2.23. The van der Waals surface area contributed by atoms with Gasteiger partial charge in [0.05, 0.1) is 0 Å². The van der Waals surface area contributed by atoms with Gasteiger partial charge in [0.1, 0.15) is 0 Å². The lowest BCUT2D eigenvalue weighted by atomic mass is 9.87. The van der Waals surface area contributed by atoms with Crippen molar-refractivity contribution in [2.24, 2.45) is 0 Å². The number of urea groups is 1. The normalized spacial score (nSPS) is 16.1. The van der Waals surface area contributed by atoms with E-state index in [2.05, 4.69) is 26.1 Å². The lowest BCUT2D eigenvalue weighted by Crippen LogP contribution is -2.37. The summed E-state index contributed by atoms with van der Waals surface area (Å²) in [5.74, 6) is 0. The second-order valence-corrected chi connectivity index (χ2v) is 6.74. The number of anilines is 1. The first-order valence-electron chi connectivity index (χ1n) is 7.76. The monoisotopic (exact) mass is 303 g/mol. The lowest BCUT2D eigenvalue weighted by Gasteiger charge is -2.22. The maximum atomic E-state index is 12.3. The Morgan fingerprint density at radius 2 is 1.77 bits per heavy atom. The van der Waals surface area contributed by atoms with E-state index in [-0.39, 0.29) is 11.4 Å². The Labute approximate surface area is 132 Å². The van der Waals surface area contributed by atoms with E-state index < -0.39 is 0 Å². The Morgan fingerprint density at radius 3 is 2.36 bits per heavy atom. The molecule has 0 saturated carbocycles. The van der Waals surface area contributed by atoms with Gasteiger partial charge < -0.3 is 15.1 Å². The van der Waals surface area contributed by atoms with Crippen LogP contribution in [0.25, 0.3) is 0 Å². The van der Waals surface area contributed by atoms with Gasteiger partial charge in [0.15, 0.2) is 0 Å². The van der Waals surface area contributed by atoms with Crippen LogP contribution in [-0.4, -0.2) is 48.4 Å². The van der Waals surface area contributed by atoms with Crippen LogP contribution < -0.4 is 5.32 Å². The molecule has 5 heteroatoms. The SMILES string of the molecule is CC(C)(C)c1ccc(NC(=O)N2CCCN(C=O)CC2)cc1. The highest BCUT2D eigenvalue weighted by molar-refractivity contribution is 5.89. The van der Waals surface area contributed by atoms with Crippen molar-refractivity contribution in [3.8, 4) is 0 Å². The highest BCUT2D eigenvalue weighted by Gasteiger charge is 2.18. The number of nitrogens with zero attached hydrogens (tertiary/aromatic N) is 2. The number of hydrogen-bond donors (Lipinski definition) is 1. The van der Waals surface area contributed by atoms with Crippen LogP contribution in [0.4, 0.5) is 10.5 Å². The van der Waals surface area contributed by atoms with Crippen LogP contribution in [0, 0.1) is 0 Å². The molecule has 0 spiro atoms. The van der Waals surface area contributed by atoms with Gasteiger partial charge in [-0.25, -0.2) is 4.79 Å². The summed E-state index contributed by atoms with van der Waals surface area (Å²) >= 11 is 0. The number of rotatable bonds is 2. The third kappa shape index (κ3) is 4.23. The zero-order valence-electron chi connectivity index (χ0n) is 13.6. The molecule has 22 heavy (non-hydrogen) atoms. The van der Waals surface area contributed by atoms with Gasteiger partial charge in [0, 0.05) is 31.9 Å². The second-order valence-electron chi connectivity index (χ2n) is 6.74. The zero-order valence-corrected chi connectivity index (χ0v) is 13.6. The molecule has 2 rings (SSSR count). The molecule has 0 radical (unpaired) electrons. The molecule has 0 aliphatic carbocycles. The van der Waals surface area contributed by atoms with Gasteiger partial charge in [0.25, 0.3) is 0 Å². The average Bonchev–Trinajstić information content (AvgIpc) is 2.72. The molecule has 120 valence electrons. The number of carbonyl (C=O) groups excluding carboxylic acids is 2. The molecule has 0 atom stereocenters. The highest BCUT2D eigenvalue weighted by atomic mass is 16.2. The Balaban J connectivity index is 1.95. The van der Waals surface area contributed by atoms with E-state index in [0.717, 1.165) is 18.5 Å². The minimum absolute atomic E-state index is 0.101. The van der Waals surface area contributed by atoms with Crippen LogP contribution in [0.5, 0.6) is 0 Å². The molecule has 1 N–H and O–H groups in total. The average molecular weight is 303 g/mol. The predicted octanol–water partition coefficient (Wildman–Crippen LogP) is 2.68. The molecule has 1 aliphatic rings. The molecule has 1 saturated heterocycles. The molecule has 3 amide bonds. The minimum atomic E-state index is -0.101. The molecule has 1 aliphatic heterocycles. The van der Waals surface area contributed by atoms with Crippen LogP contribution in [0.3, 0.4) is 0 Å². The van der Waals surface area contributed by atoms with Gasteiger partial charge >= 0.3 is 6.03 Å². The van der Waals surface area contributed by atoms with Gasteiger partial charge in [-0.3, -0.25) is 4.79 Å². The molecule has 0 unspecified atom stereocenters. The molecule has 0 bridgehead atoms. The van der Waals surface area contributed by atoms with E-state index in [1.165, 1.54) is 5.56 Å². The van der Waals surface area contributed by atoms with Crippen molar-refractivity contribution >= 4 is 18.1 Å². The van der Waals surface area contributed by atoms with Crippen molar-refractivity contribution in [2.45, 2.75) is 32.6 Å². The summed E-state index contributed by atoms with van der Waals surface area (Å²) in [6.45, 7) is 9.05. The molecule has 1 fully saturated rings. The topological polar surface area (TPSA) is 52.7 Å². The van der Waals surface area contributed by atoms with Crippen LogP contribution in [0.2, 0.25) is 0 Å². The van der Waals surface area contributed by atoms with E-state index in [1.807, 2.05) is 24.3 Å². The van der Waals surface area contributed by atoms with Gasteiger partial charge in [-0.2, -0.15) is 0 Å². The Morgan fingerprint density at radius 1 is 1.09 bits per heavy atom. The van der Waals surface area contributed by atoms with E-state index >= 15 is 0 Å². The van der Waals surface area contributed by atoms with E-state index in [0.29, 0.717) is 26.2 Å². The fourth-order valence-corrected chi connectivity index (χ4v) is 2.50. The predicted molar refractivity (Wildman–Crippen MR) is 88.0 cm³/mol.